The number of thiophene rings is 1. The molecule has 1 saturated heterocycles. The third kappa shape index (κ3) is 3.18. The second kappa shape index (κ2) is 5.47. The molecule has 0 aliphatic carbocycles. The Balaban J connectivity index is 1.88. The van der Waals surface area contributed by atoms with E-state index in [9.17, 15) is 0 Å². The van der Waals surface area contributed by atoms with Gasteiger partial charge < -0.3 is 4.90 Å². The molecule has 1 aliphatic rings. The molecule has 0 radical (unpaired) electrons. The monoisotopic (exact) mass is 221 g/mol. The molecular weight excluding hydrogens is 202 g/mol. The Bertz CT molecular complexity index is 303. The van der Waals surface area contributed by atoms with Crippen molar-refractivity contribution in [3.8, 4) is 0 Å². The summed E-state index contributed by atoms with van der Waals surface area (Å²) in [5.41, 5.74) is 3.01. The number of nitrogens with zero attached hydrogens (tertiary/aromatic N) is 1. The smallest absolute Gasteiger partial charge is 0.00188 e. The van der Waals surface area contributed by atoms with Crippen LogP contribution in [-0.4, -0.2) is 24.5 Å². The fourth-order valence-electron chi connectivity index (χ4n) is 2.12. The Hall–Kier alpha value is -0.600. The molecule has 1 aliphatic heterocycles. The highest BCUT2D eigenvalue weighted by atomic mass is 32.1. The molecule has 2 heteroatoms. The molecule has 0 atom stereocenters. The average molecular weight is 221 g/mol. The molecule has 0 unspecified atom stereocenters. The summed E-state index contributed by atoms with van der Waals surface area (Å²) in [4.78, 5) is 2.57. The molecular formula is C13H19NS. The van der Waals surface area contributed by atoms with Gasteiger partial charge in [-0.2, -0.15) is 11.3 Å². The molecule has 1 nitrogen and oxygen atoms in total. The van der Waals surface area contributed by atoms with Crippen LogP contribution in [0.1, 0.15) is 31.7 Å². The van der Waals surface area contributed by atoms with Crippen LogP contribution in [-0.2, 0) is 0 Å². The van der Waals surface area contributed by atoms with Gasteiger partial charge in [-0.3, -0.25) is 0 Å². The van der Waals surface area contributed by atoms with Gasteiger partial charge in [0.25, 0.3) is 0 Å². The molecule has 0 amide bonds. The predicted molar refractivity (Wildman–Crippen MR) is 68.3 cm³/mol. The topological polar surface area (TPSA) is 3.24 Å². The van der Waals surface area contributed by atoms with E-state index in [1.54, 1.807) is 16.9 Å². The fraction of sp³-hybridized carbons (Fsp3) is 0.538. The molecule has 2 heterocycles. The van der Waals surface area contributed by atoms with Crippen LogP contribution in [0.2, 0.25) is 0 Å². The molecule has 0 saturated carbocycles. The highest BCUT2D eigenvalue weighted by Crippen LogP contribution is 2.20. The van der Waals surface area contributed by atoms with E-state index in [1.807, 2.05) is 0 Å². The fourth-order valence-corrected chi connectivity index (χ4v) is 2.74. The zero-order chi connectivity index (χ0) is 10.5. The first-order chi connectivity index (χ1) is 7.38. The van der Waals surface area contributed by atoms with Crippen LogP contribution in [0.3, 0.4) is 0 Å². The minimum Gasteiger partial charge on any atom is -0.303 e. The second-order valence-corrected chi connectivity index (χ2v) is 4.98. The highest BCUT2D eigenvalue weighted by Gasteiger charge is 2.12. The molecule has 0 bridgehead atoms. The van der Waals surface area contributed by atoms with Gasteiger partial charge in [-0.25, -0.2) is 0 Å². The first-order valence-corrected chi connectivity index (χ1v) is 6.77. The largest absolute Gasteiger partial charge is 0.303 e. The molecule has 82 valence electrons. The maximum atomic E-state index is 2.57. The number of rotatable bonds is 3. The highest BCUT2D eigenvalue weighted by molar-refractivity contribution is 7.08. The number of piperidine rings is 1. The van der Waals surface area contributed by atoms with Gasteiger partial charge in [-0.1, -0.05) is 18.6 Å². The minimum absolute atomic E-state index is 1.25. The summed E-state index contributed by atoms with van der Waals surface area (Å²) in [5, 5.41) is 4.38. The average Bonchev–Trinajstić information content (AvgIpc) is 2.74. The van der Waals surface area contributed by atoms with Crippen molar-refractivity contribution in [2.45, 2.75) is 26.2 Å². The molecule has 1 aromatic rings. The first-order valence-electron chi connectivity index (χ1n) is 5.82. The van der Waals surface area contributed by atoms with Crippen molar-refractivity contribution >= 4 is 17.4 Å². The van der Waals surface area contributed by atoms with Crippen molar-refractivity contribution in [2.75, 3.05) is 19.6 Å². The van der Waals surface area contributed by atoms with Crippen LogP contribution in [0, 0.1) is 0 Å². The summed E-state index contributed by atoms with van der Waals surface area (Å²) < 4.78 is 0. The lowest BCUT2D eigenvalue weighted by Gasteiger charge is -2.27. The first kappa shape index (κ1) is 10.9. The summed E-state index contributed by atoms with van der Waals surface area (Å²) >= 11 is 1.78. The van der Waals surface area contributed by atoms with Crippen molar-refractivity contribution in [2.24, 2.45) is 0 Å². The predicted octanol–water partition coefficient (Wildman–Crippen LogP) is 3.64. The van der Waals surface area contributed by atoms with Gasteiger partial charge in [0, 0.05) is 13.1 Å². The lowest BCUT2D eigenvalue weighted by atomic mass is 10.0. The maximum Gasteiger partial charge on any atom is 0.00188 e. The van der Waals surface area contributed by atoms with Gasteiger partial charge in [-0.15, -0.1) is 0 Å². The van der Waals surface area contributed by atoms with Crippen LogP contribution < -0.4 is 0 Å². The molecule has 1 aromatic heterocycles. The van der Waals surface area contributed by atoms with Crippen molar-refractivity contribution in [3.05, 3.63) is 28.0 Å². The summed E-state index contributed by atoms with van der Waals surface area (Å²) in [6, 6.07) is 2.20. The van der Waals surface area contributed by atoms with Crippen molar-refractivity contribution in [1.82, 2.24) is 4.90 Å². The summed E-state index contributed by atoms with van der Waals surface area (Å²) in [6.45, 7) is 6.04. The zero-order valence-corrected chi connectivity index (χ0v) is 10.2. The van der Waals surface area contributed by atoms with Crippen LogP contribution >= 0.6 is 11.3 Å². The molecule has 2 rings (SSSR count). The normalized spacial score (nSPS) is 18.1. The van der Waals surface area contributed by atoms with Gasteiger partial charge in [0.05, 0.1) is 0 Å². The maximum absolute atomic E-state index is 2.57. The summed E-state index contributed by atoms with van der Waals surface area (Å²) in [7, 11) is 0. The Labute approximate surface area is 96.4 Å². The van der Waals surface area contributed by atoms with Gasteiger partial charge in [0.15, 0.2) is 0 Å². The standard InChI is InChI=1S/C13H19NS/c1-2-6-14-7-3-12(4-8-14)10-13-5-9-15-11-13/h5,9-11H,2-4,6-8H2,1H3. The third-order valence-corrected chi connectivity index (χ3v) is 3.65. The molecule has 0 N–H and O–H groups in total. The van der Waals surface area contributed by atoms with Crippen molar-refractivity contribution < 1.29 is 0 Å². The Morgan fingerprint density at radius 2 is 2.20 bits per heavy atom. The van der Waals surface area contributed by atoms with E-state index >= 15 is 0 Å². The van der Waals surface area contributed by atoms with Gasteiger partial charge in [-0.05, 0) is 48.2 Å². The van der Waals surface area contributed by atoms with Crippen LogP contribution in [0.15, 0.2) is 22.4 Å². The van der Waals surface area contributed by atoms with E-state index in [2.05, 4.69) is 34.7 Å². The summed E-state index contributed by atoms with van der Waals surface area (Å²) in [6.07, 6.45) is 6.18. The Morgan fingerprint density at radius 1 is 1.40 bits per heavy atom. The molecule has 0 spiro atoms. The van der Waals surface area contributed by atoms with E-state index in [4.69, 9.17) is 0 Å². The molecule has 1 fully saturated rings. The van der Waals surface area contributed by atoms with E-state index in [1.165, 1.54) is 44.5 Å². The van der Waals surface area contributed by atoms with E-state index in [0.29, 0.717) is 0 Å². The Kier molecular flexibility index (Phi) is 3.98. The zero-order valence-electron chi connectivity index (χ0n) is 9.41. The molecule has 15 heavy (non-hydrogen) atoms. The van der Waals surface area contributed by atoms with Gasteiger partial charge >= 0.3 is 0 Å². The molecule has 0 aromatic carbocycles. The quantitative estimate of drug-likeness (QED) is 0.753. The lowest BCUT2D eigenvalue weighted by molar-refractivity contribution is 0.258. The SMILES string of the molecule is CCCN1CCC(=Cc2ccsc2)CC1. The van der Waals surface area contributed by atoms with Crippen molar-refractivity contribution in [1.29, 1.82) is 0 Å². The number of hydrogen-bond donors (Lipinski definition) is 0. The summed E-state index contributed by atoms with van der Waals surface area (Å²) in [5.74, 6) is 0. The Morgan fingerprint density at radius 3 is 2.80 bits per heavy atom. The van der Waals surface area contributed by atoms with E-state index < -0.39 is 0 Å². The van der Waals surface area contributed by atoms with Crippen LogP contribution in [0.5, 0.6) is 0 Å². The van der Waals surface area contributed by atoms with E-state index in [0.717, 1.165) is 0 Å². The third-order valence-electron chi connectivity index (χ3n) is 2.95. The lowest BCUT2D eigenvalue weighted by Crippen LogP contribution is -2.31. The minimum atomic E-state index is 1.25. The van der Waals surface area contributed by atoms with Crippen LogP contribution in [0.25, 0.3) is 6.08 Å². The second-order valence-electron chi connectivity index (χ2n) is 4.20. The van der Waals surface area contributed by atoms with E-state index in [-0.39, 0.29) is 0 Å². The van der Waals surface area contributed by atoms with Crippen molar-refractivity contribution in [3.63, 3.8) is 0 Å². The number of likely N-dealkylation sites (tertiary alicyclic amines) is 1. The van der Waals surface area contributed by atoms with Gasteiger partial charge in [0.1, 0.15) is 0 Å². The van der Waals surface area contributed by atoms with Crippen LogP contribution in [0.4, 0.5) is 0 Å². The number of hydrogen-bond acceptors (Lipinski definition) is 2. The van der Waals surface area contributed by atoms with Gasteiger partial charge in [0.2, 0.25) is 0 Å².